The fourth-order valence-electron chi connectivity index (χ4n) is 2.15. The van der Waals surface area contributed by atoms with Gasteiger partial charge in [-0.2, -0.15) is 0 Å². The van der Waals surface area contributed by atoms with Crippen molar-refractivity contribution in [3.05, 3.63) is 34.6 Å². The summed E-state index contributed by atoms with van der Waals surface area (Å²) in [7, 11) is 0. The average Bonchev–Trinajstić information content (AvgIpc) is 2.96. The second-order valence-corrected chi connectivity index (χ2v) is 5.79. The van der Waals surface area contributed by atoms with Gasteiger partial charge in [-0.25, -0.2) is 4.39 Å². The minimum Gasteiger partial charge on any atom is -0.346 e. The van der Waals surface area contributed by atoms with Crippen molar-refractivity contribution in [2.24, 2.45) is 5.92 Å². The Morgan fingerprint density at radius 2 is 2.17 bits per heavy atom. The number of rotatable bonds is 4. The molecule has 1 aliphatic carbocycles. The number of hydrogen-bond acceptors (Lipinski definition) is 1. The van der Waals surface area contributed by atoms with E-state index in [1.54, 1.807) is 12.1 Å². The highest BCUT2D eigenvalue weighted by atomic mass is 35.5. The van der Waals surface area contributed by atoms with E-state index >= 15 is 0 Å². The molecule has 0 aliphatic heterocycles. The first kappa shape index (κ1) is 13.3. The summed E-state index contributed by atoms with van der Waals surface area (Å²) in [6.45, 7) is 3.98. The Morgan fingerprint density at radius 1 is 1.50 bits per heavy atom. The Morgan fingerprint density at radius 3 is 2.67 bits per heavy atom. The van der Waals surface area contributed by atoms with E-state index in [1.807, 2.05) is 13.8 Å². The molecule has 1 N–H and O–H groups in total. The molecule has 1 amide bonds. The molecule has 1 aromatic carbocycles. The van der Waals surface area contributed by atoms with E-state index in [-0.39, 0.29) is 11.7 Å². The highest BCUT2D eigenvalue weighted by molar-refractivity contribution is 6.30. The smallest absolute Gasteiger partial charge is 0.220 e. The molecule has 1 saturated carbocycles. The van der Waals surface area contributed by atoms with Crippen LogP contribution >= 0.6 is 11.6 Å². The zero-order chi connectivity index (χ0) is 13.3. The molecule has 0 spiro atoms. The van der Waals surface area contributed by atoms with E-state index in [0.29, 0.717) is 22.9 Å². The largest absolute Gasteiger partial charge is 0.346 e. The van der Waals surface area contributed by atoms with E-state index in [2.05, 4.69) is 5.32 Å². The Labute approximate surface area is 112 Å². The van der Waals surface area contributed by atoms with Crippen LogP contribution < -0.4 is 5.32 Å². The van der Waals surface area contributed by atoms with Crippen LogP contribution in [0.4, 0.5) is 4.39 Å². The Kier molecular flexibility index (Phi) is 3.62. The topological polar surface area (TPSA) is 29.1 Å². The molecule has 1 aliphatic rings. The zero-order valence-corrected chi connectivity index (χ0v) is 11.4. The predicted octanol–water partition coefficient (Wildman–Crippen LogP) is 3.63. The predicted molar refractivity (Wildman–Crippen MR) is 69.9 cm³/mol. The number of carbonyl (C=O) groups excluding carboxylic acids is 1. The molecule has 4 heteroatoms. The summed E-state index contributed by atoms with van der Waals surface area (Å²) in [5.74, 6) is -0.0578. The highest BCUT2D eigenvalue weighted by Gasteiger charge is 2.47. The van der Waals surface area contributed by atoms with Crippen LogP contribution in [0, 0.1) is 11.7 Å². The normalized spacial score (nSPS) is 16.7. The lowest BCUT2D eigenvalue weighted by atomic mass is 10.0. The molecule has 2 nitrogen and oxygen atoms in total. The van der Waals surface area contributed by atoms with Crippen LogP contribution in [0.5, 0.6) is 0 Å². The van der Waals surface area contributed by atoms with E-state index in [9.17, 15) is 9.18 Å². The molecule has 2 rings (SSSR count). The number of amides is 1. The van der Waals surface area contributed by atoms with Gasteiger partial charge in [0.05, 0.1) is 5.54 Å². The molecule has 1 fully saturated rings. The molecule has 0 bridgehead atoms. The van der Waals surface area contributed by atoms with Gasteiger partial charge in [0.2, 0.25) is 5.91 Å². The van der Waals surface area contributed by atoms with Crippen LogP contribution in [0.15, 0.2) is 18.2 Å². The third-order valence-electron chi connectivity index (χ3n) is 3.17. The van der Waals surface area contributed by atoms with Crippen molar-refractivity contribution in [3.8, 4) is 0 Å². The first-order valence-corrected chi connectivity index (χ1v) is 6.57. The third-order valence-corrected chi connectivity index (χ3v) is 3.40. The van der Waals surface area contributed by atoms with Crippen LogP contribution in [0.3, 0.4) is 0 Å². The lowest BCUT2D eigenvalue weighted by molar-refractivity contribution is -0.122. The molecule has 0 unspecified atom stereocenters. The van der Waals surface area contributed by atoms with Crippen LogP contribution in [-0.4, -0.2) is 5.91 Å². The van der Waals surface area contributed by atoms with Gasteiger partial charge in [-0.3, -0.25) is 4.79 Å². The summed E-state index contributed by atoms with van der Waals surface area (Å²) in [5.41, 5.74) is 0.0460. The number of benzene rings is 1. The van der Waals surface area contributed by atoms with Crippen LogP contribution in [0.1, 0.15) is 38.7 Å². The lowest BCUT2D eigenvalue weighted by Crippen LogP contribution is -2.36. The summed E-state index contributed by atoms with van der Waals surface area (Å²) in [5, 5.41) is 3.33. The molecule has 0 heterocycles. The van der Waals surface area contributed by atoms with Gasteiger partial charge in [-0.15, -0.1) is 0 Å². The fraction of sp³-hybridized carbons (Fsp3) is 0.500. The summed E-state index contributed by atoms with van der Waals surface area (Å²) < 4.78 is 13.9. The van der Waals surface area contributed by atoms with Gasteiger partial charge >= 0.3 is 0 Å². The maximum Gasteiger partial charge on any atom is 0.220 e. The van der Waals surface area contributed by atoms with Crippen molar-refractivity contribution in [2.75, 3.05) is 0 Å². The van der Waals surface area contributed by atoms with Crippen molar-refractivity contribution >= 4 is 17.5 Å². The number of halogens is 2. The quantitative estimate of drug-likeness (QED) is 0.889. The first-order valence-electron chi connectivity index (χ1n) is 6.19. The van der Waals surface area contributed by atoms with Gasteiger partial charge in [0.1, 0.15) is 5.82 Å². The van der Waals surface area contributed by atoms with Crippen molar-refractivity contribution in [1.82, 2.24) is 5.32 Å². The minimum atomic E-state index is -0.499. The van der Waals surface area contributed by atoms with Gasteiger partial charge in [0, 0.05) is 17.0 Å². The lowest BCUT2D eigenvalue weighted by Gasteiger charge is -2.19. The second kappa shape index (κ2) is 4.88. The van der Waals surface area contributed by atoms with Crippen LogP contribution in [0.25, 0.3) is 0 Å². The van der Waals surface area contributed by atoms with E-state index in [1.165, 1.54) is 6.07 Å². The molecule has 1 aromatic rings. The molecule has 0 saturated heterocycles. The number of nitrogens with one attached hydrogen (secondary N) is 1. The van der Waals surface area contributed by atoms with E-state index < -0.39 is 5.54 Å². The SMILES string of the molecule is CC(C)CC(=O)NC1(c2ccc(Cl)cc2F)CC1. The van der Waals surface area contributed by atoms with Crippen molar-refractivity contribution in [3.63, 3.8) is 0 Å². The summed E-state index contributed by atoms with van der Waals surface area (Å²) in [6, 6.07) is 4.63. The monoisotopic (exact) mass is 269 g/mol. The maximum atomic E-state index is 13.9. The third kappa shape index (κ3) is 2.83. The maximum absolute atomic E-state index is 13.9. The van der Waals surface area contributed by atoms with Gasteiger partial charge in [-0.05, 0) is 30.9 Å². The van der Waals surface area contributed by atoms with Crippen LogP contribution in [-0.2, 0) is 10.3 Å². The Bertz CT molecular complexity index is 469. The molecule has 98 valence electrons. The van der Waals surface area contributed by atoms with Gasteiger partial charge in [0.25, 0.3) is 0 Å². The summed E-state index contributed by atoms with van der Waals surface area (Å²) in [4.78, 5) is 11.8. The molecular formula is C14H17ClFNO. The molecule has 0 aromatic heterocycles. The minimum absolute atomic E-state index is 0.0168. The average molecular weight is 270 g/mol. The first-order chi connectivity index (χ1) is 8.43. The Hall–Kier alpha value is -1.09. The van der Waals surface area contributed by atoms with E-state index in [0.717, 1.165) is 12.8 Å². The van der Waals surface area contributed by atoms with Gasteiger partial charge in [-0.1, -0.05) is 31.5 Å². The second-order valence-electron chi connectivity index (χ2n) is 5.35. The van der Waals surface area contributed by atoms with Crippen molar-refractivity contribution in [2.45, 2.75) is 38.6 Å². The summed E-state index contributed by atoms with van der Waals surface area (Å²) in [6.07, 6.45) is 2.04. The molecule has 0 atom stereocenters. The van der Waals surface area contributed by atoms with E-state index in [4.69, 9.17) is 11.6 Å². The standard InChI is InChI=1S/C14H17ClFNO/c1-9(2)7-13(18)17-14(5-6-14)11-4-3-10(15)8-12(11)16/h3-4,8-9H,5-7H2,1-2H3,(H,17,18). The molecular weight excluding hydrogens is 253 g/mol. The van der Waals surface area contributed by atoms with Gasteiger partial charge in [0.15, 0.2) is 0 Å². The number of carbonyl (C=O) groups is 1. The zero-order valence-electron chi connectivity index (χ0n) is 10.6. The van der Waals surface area contributed by atoms with Crippen molar-refractivity contribution in [1.29, 1.82) is 0 Å². The molecule has 18 heavy (non-hydrogen) atoms. The fourth-order valence-corrected chi connectivity index (χ4v) is 2.31. The van der Waals surface area contributed by atoms with Crippen molar-refractivity contribution < 1.29 is 9.18 Å². The summed E-state index contributed by atoms with van der Waals surface area (Å²) >= 11 is 5.73. The number of hydrogen-bond donors (Lipinski definition) is 1. The highest BCUT2D eigenvalue weighted by Crippen LogP contribution is 2.46. The Balaban J connectivity index is 2.14. The molecule has 0 radical (unpaired) electrons. The van der Waals surface area contributed by atoms with Crippen LogP contribution in [0.2, 0.25) is 5.02 Å². The van der Waals surface area contributed by atoms with Gasteiger partial charge < -0.3 is 5.32 Å².